The number of rotatable bonds is 6. The molecule has 0 fully saturated rings. The zero-order valence-electron chi connectivity index (χ0n) is 14.2. The molecule has 1 heterocycles. The number of hydrogen-bond acceptors (Lipinski definition) is 3. The molecular weight excluding hydrogens is 372 g/mol. The fourth-order valence-corrected chi connectivity index (χ4v) is 3.01. The van der Waals surface area contributed by atoms with Crippen LogP contribution in [0.2, 0.25) is 0 Å². The van der Waals surface area contributed by atoms with Crippen molar-refractivity contribution >= 4 is 27.9 Å². The van der Waals surface area contributed by atoms with Crippen molar-refractivity contribution in [2.75, 3.05) is 6.61 Å². The average molecular weight is 395 g/mol. The predicted octanol–water partition coefficient (Wildman–Crippen LogP) is 4.06. The molecule has 0 saturated heterocycles. The quantitative estimate of drug-likeness (QED) is 0.714. The van der Waals surface area contributed by atoms with Crippen molar-refractivity contribution in [1.29, 1.82) is 0 Å². The Labute approximate surface area is 151 Å². The van der Waals surface area contributed by atoms with Gasteiger partial charge in [0.1, 0.15) is 0 Å². The Kier molecular flexibility index (Phi) is 6.43. The third-order valence-electron chi connectivity index (χ3n) is 3.97. The monoisotopic (exact) mass is 394 g/mol. The Morgan fingerprint density at radius 2 is 2.00 bits per heavy atom. The lowest BCUT2D eigenvalue weighted by molar-refractivity contribution is -0.140. The molecule has 0 unspecified atom stereocenters. The average Bonchev–Trinajstić information content (AvgIpc) is 2.53. The summed E-state index contributed by atoms with van der Waals surface area (Å²) in [6.45, 7) is 6.27. The highest BCUT2D eigenvalue weighted by Gasteiger charge is 2.32. The maximum Gasteiger partial charge on any atom is 0.338 e. The number of allylic oxidation sites excluding steroid dienone is 1. The van der Waals surface area contributed by atoms with Gasteiger partial charge in [0.05, 0.1) is 18.2 Å². The van der Waals surface area contributed by atoms with E-state index in [1.54, 1.807) is 6.92 Å². The lowest BCUT2D eigenvalue weighted by Crippen LogP contribution is -2.45. The standard InChI is InChI=1S/C18H23BrN2O3/c1-4-5-11(2)10-24-17(22)15-12(3)20-18(23)21-16(15)13-6-8-14(19)9-7-13/h6-9,11,16H,4-5,10H2,1-3H3,(H2,20,21,23)/t11-,16-/m1/s1. The topological polar surface area (TPSA) is 67.4 Å². The molecule has 0 radical (unpaired) electrons. The second-order valence-electron chi connectivity index (χ2n) is 6.11. The van der Waals surface area contributed by atoms with Crippen molar-refractivity contribution < 1.29 is 14.3 Å². The van der Waals surface area contributed by atoms with Crippen molar-refractivity contribution in [3.8, 4) is 0 Å². The van der Waals surface area contributed by atoms with E-state index in [0.717, 1.165) is 22.9 Å². The predicted molar refractivity (Wildman–Crippen MR) is 96.3 cm³/mol. The van der Waals surface area contributed by atoms with E-state index in [0.29, 0.717) is 23.8 Å². The smallest absolute Gasteiger partial charge is 0.338 e. The summed E-state index contributed by atoms with van der Waals surface area (Å²) in [6.07, 6.45) is 2.07. The highest BCUT2D eigenvalue weighted by atomic mass is 79.9. The summed E-state index contributed by atoms with van der Waals surface area (Å²) in [4.78, 5) is 24.4. The Morgan fingerprint density at radius 1 is 1.33 bits per heavy atom. The van der Waals surface area contributed by atoms with Gasteiger partial charge in [0.25, 0.3) is 0 Å². The highest BCUT2D eigenvalue weighted by Crippen LogP contribution is 2.28. The van der Waals surface area contributed by atoms with Gasteiger partial charge in [0, 0.05) is 10.2 Å². The molecule has 1 aliphatic rings. The Morgan fingerprint density at radius 3 is 2.62 bits per heavy atom. The van der Waals surface area contributed by atoms with Crippen molar-refractivity contribution in [2.45, 2.75) is 39.7 Å². The molecule has 1 aromatic carbocycles. The fourth-order valence-electron chi connectivity index (χ4n) is 2.74. The second kappa shape index (κ2) is 8.33. The number of halogens is 1. The summed E-state index contributed by atoms with van der Waals surface area (Å²) in [5.74, 6) is -0.0759. The number of esters is 1. The summed E-state index contributed by atoms with van der Waals surface area (Å²) < 4.78 is 6.41. The number of hydrogen-bond donors (Lipinski definition) is 2. The second-order valence-corrected chi connectivity index (χ2v) is 7.03. The van der Waals surface area contributed by atoms with E-state index >= 15 is 0 Å². The van der Waals surface area contributed by atoms with Crippen LogP contribution in [0.25, 0.3) is 0 Å². The van der Waals surface area contributed by atoms with Gasteiger partial charge in [-0.15, -0.1) is 0 Å². The summed E-state index contributed by atoms with van der Waals surface area (Å²) in [5.41, 5.74) is 1.81. The third-order valence-corrected chi connectivity index (χ3v) is 4.50. The maximum absolute atomic E-state index is 12.6. The summed E-state index contributed by atoms with van der Waals surface area (Å²) in [5, 5.41) is 5.46. The van der Waals surface area contributed by atoms with Crippen molar-refractivity contribution in [2.24, 2.45) is 5.92 Å². The Bertz CT molecular complexity index is 640. The van der Waals surface area contributed by atoms with Crippen LogP contribution in [0.1, 0.15) is 45.2 Å². The number of amides is 2. The largest absolute Gasteiger partial charge is 0.462 e. The first-order valence-corrected chi connectivity index (χ1v) is 8.92. The zero-order chi connectivity index (χ0) is 17.7. The SMILES string of the molecule is CCC[C@@H](C)COC(=O)C1=C(C)NC(=O)N[C@@H]1c1ccc(Br)cc1. The minimum atomic E-state index is -0.513. The van der Waals surface area contributed by atoms with Crippen LogP contribution in [0.4, 0.5) is 4.79 Å². The molecule has 6 heteroatoms. The van der Waals surface area contributed by atoms with Gasteiger partial charge in [0.15, 0.2) is 0 Å². The summed E-state index contributed by atoms with van der Waals surface area (Å²) >= 11 is 3.39. The van der Waals surface area contributed by atoms with Gasteiger partial charge in [-0.2, -0.15) is 0 Å². The normalized spacial score (nSPS) is 18.7. The summed E-state index contributed by atoms with van der Waals surface area (Å²) in [7, 11) is 0. The van der Waals surface area contributed by atoms with Gasteiger partial charge in [-0.1, -0.05) is 48.3 Å². The van der Waals surface area contributed by atoms with E-state index in [-0.39, 0.29) is 6.03 Å². The number of ether oxygens (including phenoxy) is 1. The van der Waals surface area contributed by atoms with Crippen LogP contribution in [0, 0.1) is 5.92 Å². The molecule has 0 aromatic heterocycles. The molecule has 2 atom stereocenters. The number of benzene rings is 1. The van der Waals surface area contributed by atoms with Crippen LogP contribution in [0.5, 0.6) is 0 Å². The van der Waals surface area contributed by atoms with Crippen LogP contribution in [-0.4, -0.2) is 18.6 Å². The molecule has 2 N–H and O–H groups in total. The van der Waals surface area contributed by atoms with Crippen LogP contribution in [0.15, 0.2) is 40.0 Å². The van der Waals surface area contributed by atoms with Crippen LogP contribution in [-0.2, 0) is 9.53 Å². The van der Waals surface area contributed by atoms with Gasteiger partial charge >= 0.3 is 12.0 Å². The van der Waals surface area contributed by atoms with E-state index in [2.05, 4.69) is 40.4 Å². The van der Waals surface area contributed by atoms with Crippen molar-refractivity contribution in [3.05, 3.63) is 45.6 Å². The first-order valence-electron chi connectivity index (χ1n) is 8.13. The van der Waals surface area contributed by atoms with Gasteiger partial charge in [-0.3, -0.25) is 0 Å². The zero-order valence-corrected chi connectivity index (χ0v) is 15.8. The van der Waals surface area contributed by atoms with E-state index in [4.69, 9.17) is 4.74 Å². The molecule has 5 nitrogen and oxygen atoms in total. The van der Waals surface area contributed by atoms with E-state index in [1.165, 1.54) is 0 Å². The Hall–Kier alpha value is -1.82. The van der Waals surface area contributed by atoms with E-state index in [1.807, 2.05) is 24.3 Å². The van der Waals surface area contributed by atoms with E-state index in [9.17, 15) is 9.59 Å². The van der Waals surface area contributed by atoms with Gasteiger partial charge < -0.3 is 15.4 Å². The molecule has 2 amide bonds. The number of carbonyl (C=O) groups excluding carboxylic acids is 2. The van der Waals surface area contributed by atoms with Gasteiger partial charge in [0.2, 0.25) is 0 Å². The number of urea groups is 1. The first kappa shape index (κ1) is 18.5. The molecule has 1 aromatic rings. The molecule has 0 saturated carbocycles. The minimum Gasteiger partial charge on any atom is -0.462 e. The maximum atomic E-state index is 12.6. The molecule has 130 valence electrons. The molecular formula is C18H23BrN2O3. The summed E-state index contributed by atoms with van der Waals surface area (Å²) in [6, 6.07) is 6.68. The van der Waals surface area contributed by atoms with Crippen LogP contribution < -0.4 is 10.6 Å². The molecule has 2 rings (SSSR count). The fraction of sp³-hybridized carbons (Fsp3) is 0.444. The molecule has 0 bridgehead atoms. The molecule has 1 aliphatic heterocycles. The van der Waals surface area contributed by atoms with Crippen LogP contribution in [0.3, 0.4) is 0 Å². The molecule has 24 heavy (non-hydrogen) atoms. The lowest BCUT2D eigenvalue weighted by Gasteiger charge is -2.28. The van der Waals surface area contributed by atoms with E-state index < -0.39 is 12.0 Å². The highest BCUT2D eigenvalue weighted by molar-refractivity contribution is 9.10. The first-order chi connectivity index (χ1) is 11.4. The third kappa shape index (κ3) is 4.60. The molecule has 0 spiro atoms. The van der Waals surface area contributed by atoms with Crippen LogP contribution >= 0.6 is 15.9 Å². The minimum absolute atomic E-state index is 0.317. The van der Waals surface area contributed by atoms with Crippen molar-refractivity contribution in [3.63, 3.8) is 0 Å². The number of nitrogens with one attached hydrogen (secondary N) is 2. The van der Waals surface area contributed by atoms with Crippen molar-refractivity contribution in [1.82, 2.24) is 10.6 Å². The number of carbonyl (C=O) groups is 2. The van der Waals surface area contributed by atoms with Gasteiger partial charge in [-0.25, -0.2) is 9.59 Å². The molecule has 0 aliphatic carbocycles. The lowest BCUT2D eigenvalue weighted by atomic mass is 9.95. The van der Waals surface area contributed by atoms with Gasteiger partial charge in [-0.05, 0) is 37.0 Å². The Balaban J connectivity index is 2.22.